The van der Waals surface area contributed by atoms with Crippen molar-refractivity contribution in [3.05, 3.63) is 11.7 Å². The van der Waals surface area contributed by atoms with Crippen molar-refractivity contribution in [3.63, 3.8) is 0 Å². The van der Waals surface area contributed by atoms with Crippen LogP contribution in [-0.2, 0) is 6.42 Å². The van der Waals surface area contributed by atoms with Gasteiger partial charge < -0.3 is 9.84 Å². The number of nitrogens with one attached hydrogen (secondary N) is 1. The molecule has 1 saturated carbocycles. The SMILES string of the molecule is CNCCc1noc(C2C(C)(C)C2(C)C)n1. The molecule has 1 N–H and O–H groups in total. The molecular formula is C12H21N3O. The lowest BCUT2D eigenvalue weighted by Crippen LogP contribution is -2.11. The average molecular weight is 223 g/mol. The van der Waals surface area contributed by atoms with Crippen molar-refractivity contribution in [1.29, 1.82) is 0 Å². The molecule has 0 spiro atoms. The Morgan fingerprint density at radius 2 is 1.88 bits per heavy atom. The molecule has 0 atom stereocenters. The van der Waals surface area contributed by atoms with Gasteiger partial charge in [-0.2, -0.15) is 4.98 Å². The zero-order chi connectivity index (χ0) is 12.0. The van der Waals surface area contributed by atoms with Crippen LogP contribution in [0.5, 0.6) is 0 Å². The minimum absolute atomic E-state index is 0.264. The van der Waals surface area contributed by atoms with Crippen LogP contribution >= 0.6 is 0 Å². The molecule has 90 valence electrons. The number of hydrogen-bond donors (Lipinski definition) is 1. The molecule has 2 rings (SSSR count). The van der Waals surface area contributed by atoms with Crippen molar-refractivity contribution < 1.29 is 4.52 Å². The third-order valence-electron chi connectivity index (χ3n) is 4.35. The molecular weight excluding hydrogens is 202 g/mol. The summed E-state index contributed by atoms with van der Waals surface area (Å²) in [6.07, 6.45) is 0.827. The molecule has 1 fully saturated rings. The molecule has 1 aliphatic carbocycles. The maximum absolute atomic E-state index is 5.37. The van der Waals surface area contributed by atoms with Crippen LogP contribution in [0, 0.1) is 10.8 Å². The van der Waals surface area contributed by atoms with Crippen LogP contribution in [0.2, 0.25) is 0 Å². The second-order valence-electron chi connectivity index (χ2n) is 5.78. The second-order valence-corrected chi connectivity index (χ2v) is 5.78. The Bertz CT molecular complexity index is 367. The van der Waals surface area contributed by atoms with Crippen molar-refractivity contribution in [2.45, 2.75) is 40.0 Å². The lowest BCUT2D eigenvalue weighted by Gasteiger charge is -2.03. The van der Waals surface area contributed by atoms with Gasteiger partial charge in [-0.25, -0.2) is 0 Å². The maximum Gasteiger partial charge on any atom is 0.230 e. The summed E-state index contributed by atoms with van der Waals surface area (Å²) < 4.78 is 5.37. The number of aromatic nitrogens is 2. The Labute approximate surface area is 96.8 Å². The predicted octanol–water partition coefficient (Wildman–Crippen LogP) is 1.98. The number of nitrogens with zero attached hydrogens (tertiary/aromatic N) is 2. The van der Waals surface area contributed by atoms with Crippen molar-refractivity contribution in [1.82, 2.24) is 15.5 Å². The van der Waals surface area contributed by atoms with E-state index in [-0.39, 0.29) is 10.8 Å². The summed E-state index contributed by atoms with van der Waals surface area (Å²) in [4.78, 5) is 4.48. The van der Waals surface area contributed by atoms with Gasteiger partial charge in [-0.1, -0.05) is 32.9 Å². The smallest absolute Gasteiger partial charge is 0.230 e. The van der Waals surface area contributed by atoms with E-state index in [0.717, 1.165) is 24.7 Å². The molecule has 0 unspecified atom stereocenters. The van der Waals surface area contributed by atoms with Gasteiger partial charge >= 0.3 is 0 Å². The van der Waals surface area contributed by atoms with E-state index < -0.39 is 0 Å². The fourth-order valence-corrected chi connectivity index (χ4v) is 2.54. The standard InChI is InChI=1S/C12H21N3O/c1-11(2)9(12(11,3)4)10-14-8(15-16-10)6-7-13-5/h9,13H,6-7H2,1-5H3. The second kappa shape index (κ2) is 3.55. The summed E-state index contributed by atoms with van der Waals surface area (Å²) in [5.41, 5.74) is 0.527. The summed E-state index contributed by atoms with van der Waals surface area (Å²) in [6.45, 7) is 9.92. The minimum atomic E-state index is 0.264. The quantitative estimate of drug-likeness (QED) is 0.848. The molecule has 1 aromatic heterocycles. The van der Waals surface area contributed by atoms with Crippen LogP contribution in [0.25, 0.3) is 0 Å². The maximum atomic E-state index is 5.37. The van der Waals surface area contributed by atoms with E-state index in [0.29, 0.717) is 5.92 Å². The highest BCUT2D eigenvalue weighted by Gasteiger charge is 2.67. The van der Waals surface area contributed by atoms with Gasteiger partial charge in [0.15, 0.2) is 5.82 Å². The van der Waals surface area contributed by atoms with Crippen LogP contribution < -0.4 is 5.32 Å². The summed E-state index contributed by atoms with van der Waals surface area (Å²) in [5.74, 6) is 2.01. The third kappa shape index (κ3) is 1.56. The molecule has 0 saturated heterocycles. The summed E-state index contributed by atoms with van der Waals surface area (Å²) in [6, 6.07) is 0. The first-order valence-corrected chi connectivity index (χ1v) is 5.88. The first-order chi connectivity index (χ1) is 7.41. The Kier molecular flexibility index (Phi) is 2.57. The molecule has 0 aromatic carbocycles. The van der Waals surface area contributed by atoms with E-state index in [1.54, 1.807) is 0 Å². The Balaban J connectivity index is 2.10. The Hall–Kier alpha value is -0.900. The van der Waals surface area contributed by atoms with Crippen LogP contribution in [0.4, 0.5) is 0 Å². The average Bonchev–Trinajstić information content (AvgIpc) is 2.56. The highest BCUT2D eigenvalue weighted by molar-refractivity contribution is 5.24. The lowest BCUT2D eigenvalue weighted by atomic mass is 10.0. The molecule has 0 amide bonds. The molecule has 4 nitrogen and oxygen atoms in total. The minimum Gasteiger partial charge on any atom is -0.339 e. The summed E-state index contributed by atoms with van der Waals surface area (Å²) >= 11 is 0. The van der Waals surface area contributed by atoms with Crippen molar-refractivity contribution in [2.75, 3.05) is 13.6 Å². The lowest BCUT2D eigenvalue weighted by molar-refractivity contribution is 0.360. The largest absolute Gasteiger partial charge is 0.339 e. The molecule has 0 radical (unpaired) electrons. The van der Waals surface area contributed by atoms with E-state index in [2.05, 4.69) is 43.2 Å². The number of likely N-dealkylation sites (N-methyl/N-ethyl adjacent to an activating group) is 1. The van der Waals surface area contributed by atoms with Crippen LogP contribution in [0.1, 0.15) is 45.3 Å². The van der Waals surface area contributed by atoms with Gasteiger partial charge in [-0.3, -0.25) is 0 Å². The molecule has 16 heavy (non-hydrogen) atoms. The molecule has 1 heterocycles. The van der Waals surface area contributed by atoms with Gasteiger partial charge in [0.25, 0.3) is 0 Å². The fourth-order valence-electron chi connectivity index (χ4n) is 2.54. The van der Waals surface area contributed by atoms with Gasteiger partial charge in [0.1, 0.15) is 0 Å². The van der Waals surface area contributed by atoms with E-state index in [1.165, 1.54) is 0 Å². The van der Waals surface area contributed by atoms with Crippen LogP contribution in [0.3, 0.4) is 0 Å². The van der Waals surface area contributed by atoms with Crippen molar-refractivity contribution in [2.24, 2.45) is 10.8 Å². The highest BCUT2D eigenvalue weighted by atomic mass is 16.5. The molecule has 1 aromatic rings. The summed E-state index contributed by atoms with van der Waals surface area (Å²) in [5, 5.41) is 7.10. The highest BCUT2D eigenvalue weighted by Crippen LogP contribution is 2.73. The predicted molar refractivity (Wildman–Crippen MR) is 62.2 cm³/mol. The van der Waals surface area contributed by atoms with Crippen LogP contribution in [0.15, 0.2) is 4.52 Å². The zero-order valence-electron chi connectivity index (χ0n) is 10.8. The Morgan fingerprint density at radius 1 is 1.25 bits per heavy atom. The van der Waals surface area contributed by atoms with E-state index in [1.807, 2.05) is 7.05 Å². The van der Waals surface area contributed by atoms with E-state index in [4.69, 9.17) is 4.52 Å². The van der Waals surface area contributed by atoms with Crippen molar-refractivity contribution in [3.8, 4) is 0 Å². The monoisotopic (exact) mass is 223 g/mol. The van der Waals surface area contributed by atoms with Gasteiger partial charge in [-0.05, 0) is 17.9 Å². The molecule has 0 aliphatic heterocycles. The van der Waals surface area contributed by atoms with Crippen LogP contribution in [-0.4, -0.2) is 23.7 Å². The first kappa shape index (κ1) is 11.6. The molecule has 4 heteroatoms. The zero-order valence-corrected chi connectivity index (χ0v) is 10.8. The van der Waals surface area contributed by atoms with Gasteiger partial charge in [0.05, 0.1) is 0 Å². The Morgan fingerprint density at radius 3 is 2.38 bits per heavy atom. The normalized spacial score (nSPS) is 22.3. The number of rotatable bonds is 4. The van der Waals surface area contributed by atoms with E-state index >= 15 is 0 Å². The van der Waals surface area contributed by atoms with Gasteiger partial charge in [0, 0.05) is 18.9 Å². The molecule has 1 aliphatic rings. The topological polar surface area (TPSA) is 51.0 Å². The third-order valence-corrected chi connectivity index (χ3v) is 4.35. The van der Waals surface area contributed by atoms with Crippen molar-refractivity contribution >= 4 is 0 Å². The van der Waals surface area contributed by atoms with Gasteiger partial charge in [-0.15, -0.1) is 0 Å². The van der Waals surface area contributed by atoms with E-state index in [9.17, 15) is 0 Å². The fraction of sp³-hybridized carbons (Fsp3) is 0.833. The number of hydrogen-bond acceptors (Lipinski definition) is 4. The first-order valence-electron chi connectivity index (χ1n) is 5.88. The van der Waals surface area contributed by atoms with Gasteiger partial charge in [0.2, 0.25) is 5.89 Å². The molecule has 0 bridgehead atoms. The summed E-state index contributed by atoms with van der Waals surface area (Å²) in [7, 11) is 1.92.